The molecule has 0 amide bonds. The second kappa shape index (κ2) is 8.60. The normalized spacial score (nSPS) is 43.9. The molecule has 0 radical (unpaired) electrons. The predicted octanol–water partition coefficient (Wildman–Crippen LogP) is -4.41. The van der Waals surface area contributed by atoms with E-state index in [-0.39, 0.29) is 139 Å². The van der Waals surface area contributed by atoms with E-state index in [1.165, 1.54) is 0 Å². The van der Waals surface area contributed by atoms with Crippen molar-refractivity contribution in [1.29, 1.82) is 0 Å². The van der Waals surface area contributed by atoms with Gasteiger partial charge < -0.3 is 27.9 Å². The minimum Gasteiger partial charge on any atom is -0.534 e. The van der Waals surface area contributed by atoms with E-state index in [9.17, 15) is 0 Å². The Morgan fingerprint density at radius 3 is 0.933 bits per heavy atom. The van der Waals surface area contributed by atoms with Crippen molar-refractivity contribution in [2.24, 2.45) is 0 Å². The van der Waals surface area contributed by atoms with Crippen LogP contribution in [0.5, 0.6) is 0 Å². The van der Waals surface area contributed by atoms with E-state index in [0.29, 0.717) is 0 Å². The number of hydrogen-bond acceptors (Lipinski definition) is 6. The van der Waals surface area contributed by atoms with Crippen molar-refractivity contribution < 1.29 is 131 Å². The van der Waals surface area contributed by atoms with Gasteiger partial charge >= 0.3 is 116 Å². The second-order valence-electron chi connectivity index (χ2n) is 7.99. The fourth-order valence-electron chi connectivity index (χ4n) is 5.35. The molecule has 7 fully saturated rings. The van der Waals surface area contributed by atoms with E-state index in [0.717, 1.165) is 19.9 Å². The molecule has 9 rings (SSSR count). The molecular formula is C18H14B2Br2K2O6. The average Bonchev–Trinajstić information content (AvgIpc) is 2.72. The zero-order valence-corrected chi connectivity index (χ0v) is 25.9. The Morgan fingerprint density at radius 1 is 0.467 bits per heavy atom. The number of benzene rings is 2. The molecule has 0 N–H and O–H groups in total. The third kappa shape index (κ3) is 3.41. The van der Waals surface area contributed by atoms with Gasteiger partial charge in [-0.2, -0.15) is 0 Å². The van der Waals surface area contributed by atoms with Gasteiger partial charge in [0.1, 0.15) is 0 Å². The Morgan fingerprint density at radius 2 is 0.700 bits per heavy atom. The van der Waals surface area contributed by atoms with Crippen LogP contribution in [0.3, 0.4) is 0 Å². The molecule has 7 aliphatic rings. The first-order valence-electron chi connectivity index (χ1n) is 9.43. The second-order valence-corrected chi connectivity index (χ2v) is 9.82. The first-order valence-corrected chi connectivity index (χ1v) is 11.0. The molecule has 8 bridgehead atoms. The van der Waals surface area contributed by atoms with Crippen molar-refractivity contribution in [2.75, 3.05) is 0 Å². The van der Waals surface area contributed by atoms with E-state index in [1.54, 1.807) is 0 Å². The van der Waals surface area contributed by atoms with Gasteiger partial charge in [-0.15, -0.1) is 10.9 Å². The van der Waals surface area contributed by atoms with Crippen LogP contribution in [0, 0.1) is 0 Å². The van der Waals surface area contributed by atoms with Crippen molar-refractivity contribution >= 4 is 56.3 Å². The summed E-state index contributed by atoms with van der Waals surface area (Å²) >= 11 is 6.93. The van der Waals surface area contributed by atoms with Gasteiger partial charge in [0.15, 0.2) is 0 Å². The fraction of sp³-hybridized carbons (Fsp3) is 0.333. The molecule has 6 saturated heterocycles. The molecule has 2 aromatic carbocycles. The Bertz CT molecular complexity index is 839. The first-order chi connectivity index (χ1) is 13.6. The van der Waals surface area contributed by atoms with Gasteiger partial charge in [0, 0.05) is 8.95 Å². The van der Waals surface area contributed by atoms with Gasteiger partial charge in [-0.25, -0.2) is 0 Å². The van der Waals surface area contributed by atoms with Crippen LogP contribution in [0.2, 0.25) is 0 Å². The molecule has 6 aliphatic heterocycles. The smallest absolute Gasteiger partial charge is 0.534 e. The Labute approximate surface area is 275 Å². The topological polar surface area (TPSA) is 55.4 Å². The maximum absolute atomic E-state index is 6.37. The maximum atomic E-state index is 6.37. The summed E-state index contributed by atoms with van der Waals surface area (Å²) in [7, 11) is 0. The fourth-order valence-corrected chi connectivity index (χ4v) is 5.88. The summed E-state index contributed by atoms with van der Waals surface area (Å²) < 4.78 is 40.2. The molecule has 2 aromatic rings. The van der Waals surface area contributed by atoms with Gasteiger partial charge in [0.05, 0.1) is 36.6 Å². The van der Waals surface area contributed by atoms with E-state index in [2.05, 4.69) is 31.9 Å². The number of halogens is 2. The van der Waals surface area contributed by atoms with Crippen molar-refractivity contribution in [3.8, 4) is 0 Å². The standard InChI is InChI=1S/C18H14B2Br2O6.2K/c21-11-5-1-9(2-6-11)19-23-13-16-14(24-19)18-15(25-19)17(13)27-20(26-16,28-18)10-3-7-12(22)8-4-10;;/h1-8,13-18H;;/q-2;2*+1. The van der Waals surface area contributed by atoms with Crippen molar-refractivity contribution in [3.05, 3.63) is 57.5 Å². The molecule has 0 spiro atoms. The van der Waals surface area contributed by atoms with Crippen LogP contribution in [0.15, 0.2) is 57.5 Å². The van der Waals surface area contributed by atoms with Gasteiger partial charge in [-0.3, -0.25) is 0 Å². The molecular weight excluding hydrogens is 572 g/mol. The molecule has 0 aromatic heterocycles. The van der Waals surface area contributed by atoms with Gasteiger partial charge in [-0.05, 0) is 0 Å². The molecule has 1 aliphatic carbocycles. The van der Waals surface area contributed by atoms with Gasteiger partial charge in [0.25, 0.3) is 0 Å². The van der Waals surface area contributed by atoms with Crippen LogP contribution < -0.4 is 114 Å². The SMILES string of the molecule is Brc1ccc([B-]23OC4C5O[B-]6(c7ccc(Br)cc7)OC4C(O2)C(O6)C5O3)cc1.[K+].[K+]. The van der Waals surface area contributed by atoms with Crippen LogP contribution in [0.1, 0.15) is 0 Å². The van der Waals surface area contributed by atoms with Crippen LogP contribution in [-0.4, -0.2) is 50.1 Å². The summed E-state index contributed by atoms with van der Waals surface area (Å²) in [6.07, 6.45) is -1.38. The third-order valence-electron chi connectivity index (χ3n) is 6.52. The molecule has 0 atom stereocenters. The third-order valence-corrected chi connectivity index (χ3v) is 7.57. The van der Waals surface area contributed by atoms with Crippen molar-refractivity contribution in [3.63, 3.8) is 0 Å². The number of rotatable bonds is 2. The summed E-state index contributed by atoms with van der Waals surface area (Å²) in [6.45, 7) is -4.06. The Balaban J connectivity index is 0.000000963. The molecule has 6 nitrogen and oxygen atoms in total. The molecule has 6 heterocycles. The summed E-state index contributed by atoms with van der Waals surface area (Å²) in [6, 6.07) is 15.7. The number of hydrogen-bond donors (Lipinski definition) is 0. The summed E-state index contributed by atoms with van der Waals surface area (Å²) in [4.78, 5) is 0. The molecule has 144 valence electrons. The summed E-state index contributed by atoms with van der Waals surface area (Å²) in [5.41, 5.74) is 1.76. The monoisotopic (exact) mass is 584 g/mol. The first kappa shape index (κ1) is 24.3. The zero-order valence-electron chi connectivity index (χ0n) is 16.4. The quantitative estimate of drug-likeness (QED) is 0.332. The molecule has 1 saturated carbocycles. The average molecular weight is 586 g/mol. The van der Waals surface area contributed by atoms with Crippen LogP contribution >= 0.6 is 31.9 Å². The van der Waals surface area contributed by atoms with Gasteiger partial charge in [-0.1, -0.05) is 80.4 Å². The van der Waals surface area contributed by atoms with Crippen molar-refractivity contribution in [2.45, 2.75) is 36.6 Å². The van der Waals surface area contributed by atoms with Crippen LogP contribution in [0.25, 0.3) is 0 Å². The van der Waals surface area contributed by atoms with E-state index in [4.69, 9.17) is 27.9 Å². The summed E-state index contributed by atoms with van der Waals surface area (Å²) in [5.74, 6) is 0. The van der Waals surface area contributed by atoms with E-state index < -0.39 is 13.5 Å². The minimum absolute atomic E-state index is 0. The molecule has 0 unspecified atom stereocenters. The van der Waals surface area contributed by atoms with Crippen LogP contribution in [0.4, 0.5) is 0 Å². The summed E-state index contributed by atoms with van der Waals surface area (Å²) in [5, 5.41) is 0. The largest absolute Gasteiger partial charge is 1.00 e. The predicted molar refractivity (Wildman–Crippen MR) is 108 cm³/mol. The molecule has 30 heavy (non-hydrogen) atoms. The Kier molecular flexibility index (Phi) is 6.95. The van der Waals surface area contributed by atoms with E-state index >= 15 is 0 Å². The minimum atomic E-state index is -2.03. The molecule has 12 heteroatoms. The maximum Gasteiger partial charge on any atom is 1.00 e. The van der Waals surface area contributed by atoms with Crippen molar-refractivity contribution in [1.82, 2.24) is 0 Å². The Hall–Kier alpha value is 2.56. The van der Waals surface area contributed by atoms with E-state index in [1.807, 2.05) is 48.5 Å². The van der Waals surface area contributed by atoms with Crippen LogP contribution in [-0.2, 0) is 27.9 Å². The zero-order chi connectivity index (χ0) is 18.7. The van der Waals surface area contributed by atoms with Gasteiger partial charge in [0.2, 0.25) is 0 Å².